The Morgan fingerprint density at radius 2 is 2.06 bits per heavy atom. The predicted molar refractivity (Wildman–Crippen MR) is 116 cm³/mol. The SMILES string of the molecule is COc1ccc(Cn2ncc3cc(C(=O)Nc4nnc(C5CC5)s4)cnc32)c(OC)c1. The lowest BCUT2D eigenvalue weighted by molar-refractivity contribution is 0.102. The van der Waals surface area contributed by atoms with Crippen LogP contribution in [-0.4, -0.2) is 45.1 Å². The highest BCUT2D eigenvalue weighted by Gasteiger charge is 2.27. The van der Waals surface area contributed by atoms with Crippen LogP contribution in [0.5, 0.6) is 11.5 Å². The zero-order valence-electron chi connectivity index (χ0n) is 17.0. The van der Waals surface area contributed by atoms with Gasteiger partial charge in [-0.1, -0.05) is 11.3 Å². The van der Waals surface area contributed by atoms with Gasteiger partial charge in [0.1, 0.15) is 16.5 Å². The van der Waals surface area contributed by atoms with Gasteiger partial charge in [0.05, 0.1) is 32.5 Å². The van der Waals surface area contributed by atoms with Gasteiger partial charge in [-0.15, -0.1) is 10.2 Å². The Hall–Kier alpha value is -3.53. The molecule has 5 rings (SSSR count). The molecule has 10 heteroatoms. The average molecular weight is 436 g/mol. The van der Waals surface area contributed by atoms with E-state index in [2.05, 4.69) is 25.6 Å². The first-order valence-electron chi connectivity index (χ1n) is 9.82. The first-order chi connectivity index (χ1) is 15.1. The molecule has 3 aromatic heterocycles. The molecule has 1 aliphatic rings. The molecular formula is C21H20N6O3S. The molecule has 0 atom stereocenters. The Kier molecular flexibility index (Phi) is 4.99. The van der Waals surface area contributed by atoms with Crippen molar-refractivity contribution in [2.75, 3.05) is 19.5 Å². The van der Waals surface area contributed by atoms with Gasteiger partial charge < -0.3 is 9.47 Å². The van der Waals surface area contributed by atoms with E-state index in [0.717, 1.165) is 34.5 Å². The number of nitrogens with one attached hydrogen (secondary N) is 1. The van der Waals surface area contributed by atoms with Crippen molar-refractivity contribution in [3.63, 3.8) is 0 Å². The molecule has 1 amide bonds. The van der Waals surface area contributed by atoms with E-state index in [9.17, 15) is 4.79 Å². The van der Waals surface area contributed by atoms with E-state index in [0.29, 0.717) is 34.6 Å². The topological polar surface area (TPSA) is 104 Å². The van der Waals surface area contributed by atoms with Crippen LogP contribution < -0.4 is 14.8 Å². The van der Waals surface area contributed by atoms with Crippen molar-refractivity contribution in [2.24, 2.45) is 0 Å². The summed E-state index contributed by atoms with van der Waals surface area (Å²) in [5.74, 6) is 1.68. The largest absolute Gasteiger partial charge is 0.497 e. The number of carbonyl (C=O) groups excluding carboxylic acids is 1. The normalized spacial score (nSPS) is 13.4. The molecule has 1 N–H and O–H groups in total. The summed E-state index contributed by atoms with van der Waals surface area (Å²) < 4.78 is 12.5. The highest BCUT2D eigenvalue weighted by atomic mass is 32.1. The van der Waals surface area contributed by atoms with Gasteiger partial charge in [0.2, 0.25) is 5.13 Å². The van der Waals surface area contributed by atoms with Crippen molar-refractivity contribution in [1.29, 1.82) is 0 Å². The first-order valence-corrected chi connectivity index (χ1v) is 10.6. The van der Waals surface area contributed by atoms with Gasteiger partial charge in [0.15, 0.2) is 5.65 Å². The number of aromatic nitrogens is 5. The number of hydrogen-bond donors (Lipinski definition) is 1. The van der Waals surface area contributed by atoms with Crippen molar-refractivity contribution in [3.05, 3.63) is 52.8 Å². The van der Waals surface area contributed by atoms with Crippen LogP contribution in [0.1, 0.15) is 39.7 Å². The van der Waals surface area contributed by atoms with Gasteiger partial charge in [-0.3, -0.25) is 10.1 Å². The van der Waals surface area contributed by atoms with E-state index in [1.54, 1.807) is 37.4 Å². The fourth-order valence-electron chi connectivity index (χ4n) is 3.31. The molecule has 4 aromatic rings. The third kappa shape index (κ3) is 3.93. The molecule has 31 heavy (non-hydrogen) atoms. The zero-order chi connectivity index (χ0) is 21.4. The average Bonchev–Trinajstić information content (AvgIpc) is 3.42. The van der Waals surface area contributed by atoms with Crippen LogP contribution in [0.4, 0.5) is 5.13 Å². The van der Waals surface area contributed by atoms with E-state index < -0.39 is 0 Å². The molecule has 0 spiro atoms. The minimum Gasteiger partial charge on any atom is -0.497 e. The standard InChI is InChI=1S/C21H20N6O3S/c1-29-16-6-5-13(17(8-16)30-2)11-27-18-14(10-23-27)7-15(9-22-18)19(28)24-21-26-25-20(31-21)12-3-4-12/h5-10,12H,3-4,11H2,1-2H3,(H,24,26,28). The van der Waals surface area contributed by atoms with Crippen LogP contribution in [0.25, 0.3) is 11.0 Å². The van der Waals surface area contributed by atoms with Crippen LogP contribution in [0.15, 0.2) is 36.7 Å². The summed E-state index contributed by atoms with van der Waals surface area (Å²) in [6.45, 7) is 0.476. The number of pyridine rings is 1. The Morgan fingerprint density at radius 3 is 2.84 bits per heavy atom. The Morgan fingerprint density at radius 1 is 1.19 bits per heavy atom. The number of ether oxygens (including phenoxy) is 2. The van der Waals surface area contributed by atoms with Gasteiger partial charge in [-0.25, -0.2) is 9.67 Å². The number of carbonyl (C=O) groups is 1. The number of rotatable bonds is 7. The van der Waals surface area contributed by atoms with E-state index in [1.165, 1.54) is 11.3 Å². The monoisotopic (exact) mass is 436 g/mol. The van der Waals surface area contributed by atoms with Crippen LogP contribution in [0.3, 0.4) is 0 Å². The molecular weight excluding hydrogens is 416 g/mol. The van der Waals surface area contributed by atoms with Gasteiger partial charge in [-0.2, -0.15) is 5.10 Å². The van der Waals surface area contributed by atoms with E-state index in [1.807, 2.05) is 18.2 Å². The third-order valence-corrected chi connectivity index (χ3v) is 6.14. The maximum absolute atomic E-state index is 12.6. The van der Waals surface area contributed by atoms with Crippen molar-refractivity contribution in [3.8, 4) is 11.5 Å². The van der Waals surface area contributed by atoms with Crippen LogP contribution in [0, 0.1) is 0 Å². The summed E-state index contributed by atoms with van der Waals surface area (Å²) in [5, 5.41) is 17.7. The highest BCUT2D eigenvalue weighted by Crippen LogP contribution is 2.42. The van der Waals surface area contributed by atoms with Crippen molar-refractivity contribution < 1.29 is 14.3 Å². The molecule has 1 aromatic carbocycles. The molecule has 1 fully saturated rings. The third-order valence-electron chi connectivity index (χ3n) is 5.14. The number of nitrogens with zero attached hydrogens (tertiary/aromatic N) is 5. The molecule has 0 radical (unpaired) electrons. The van der Waals surface area contributed by atoms with Crippen LogP contribution >= 0.6 is 11.3 Å². The second-order valence-corrected chi connectivity index (χ2v) is 8.30. The van der Waals surface area contributed by atoms with Crippen molar-refractivity contribution >= 4 is 33.4 Å². The number of fused-ring (bicyclic) bond motifs is 1. The van der Waals surface area contributed by atoms with E-state index in [4.69, 9.17) is 9.47 Å². The molecule has 3 heterocycles. The zero-order valence-corrected chi connectivity index (χ0v) is 17.8. The smallest absolute Gasteiger partial charge is 0.259 e. The summed E-state index contributed by atoms with van der Waals surface area (Å²) in [4.78, 5) is 17.1. The number of amides is 1. The Labute approximate surface area is 182 Å². The summed E-state index contributed by atoms with van der Waals surface area (Å²) in [7, 11) is 3.23. The van der Waals surface area contributed by atoms with Crippen molar-refractivity contribution in [2.45, 2.75) is 25.3 Å². The molecule has 0 bridgehead atoms. The summed E-state index contributed by atoms with van der Waals surface area (Å²) in [5.41, 5.74) is 2.07. The highest BCUT2D eigenvalue weighted by molar-refractivity contribution is 7.15. The quantitative estimate of drug-likeness (QED) is 0.473. The Balaban J connectivity index is 1.35. The summed E-state index contributed by atoms with van der Waals surface area (Å²) >= 11 is 1.43. The van der Waals surface area contributed by atoms with Gasteiger partial charge in [0.25, 0.3) is 5.91 Å². The lowest BCUT2D eigenvalue weighted by Gasteiger charge is -2.11. The molecule has 0 unspecified atom stereocenters. The van der Waals surface area contributed by atoms with E-state index >= 15 is 0 Å². The fraction of sp³-hybridized carbons (Fsp3) is 0.286. The molecule has 0 saturated heterocycles. The first kappa shape index (κ1) is 19.4. The number of methoxy groups -OCH3 is 2. The number of anilines is 1. The maximum atomic E-state index is 12.6. The minimum absolute atomic E-state index is 0.266. The summed E-state index contributed by atoms with van der Waals surface area (Å²) in [6.07, 6.45) is 5.54. The van der Waals surface area contributed by atoms with Crippen molar-refractivity contribution in [1.82, 2.24) is 25.0 Å². The van der Waals surface area contributed by atoms with Gasteiger partial charge in [0, 0.05) is 29.1 Å². The lowest BCUT2D eigenvalue weighted by Crippen LogP contribution is -2.12. The maximum Gasteiger partial charge on any atom is 0.259 e. The second-order valence-electron chi connectivity index (χ2n) is 7.29. The fourth-order valence-corrected chi connectivity index (χ4v) is 4.21. The Bertz CT molecular complexity index is 1260. The number of benzene rings is 1. The van der Waals surface area contributed by atoms with E-state index in [-0.39, 0.29) is 5.91 Å². The molecule has 158 valence electrons. The number of hydrogen-bond acceptors (Lipinski definition) is 8. The second kappa shape index (κ2) is 7.95. The minimum atomic E-state index is -0.266. The predicted octanol–water partition coefficient (Wildman–Crippen LogP) is 3.48. The van der Waals surface area contributed by atoms with Crippen LogP contribution in [0.2, 0.25) is 0 Å². The van der Waals surface area contributed by atoms with Crippen LogP contribution in [-0.2, 0) is 6.54 Å². The van der Waals surface area contributed by atoms with Gasteiger partial charge >= 0.3 is 0 Å². The van der Waals surface area contributed by atoms with Gasteiger partial charge in [-0.05, 0) is 31.0 Å². The summed E-state index contributed by atoms with van der Waals surface area (Å²) in [6, 6.07) is 7.42. The molecule has 1 aliphatic carbocycles. The molecule has 9 nitrogen and oxygen atoms in total. The molecule has 1 saturated carbocycles. The lowest BCUT2D eigenvalue weighted by atomic mass is 10.2. The molecule has 0 aliphatic heterocycles.